The van der Waals surface area contributed by atoms with Crippen molar-refractivity contribution in [3.05, 3.63) is 54.4 Å². The fourth-order valence-electron chi connectivity index (χ4n) is 2.10. The number of benzene rings is 1. The van der Waals surface area contributed by atoms with Crippen LogP contribution in [0.15, 0.2) is 48.8 Å². The molecule has 1 amide bonds. The van der Waals surface area contributed by atoms with Gasteiger partial charge in [-0.25, -0.2) is 0 Å². The largest absolute Gasteiger partial charge is 0.497 e. The molecule has 6 nitrogen and oxygen atoms in total. The van der Waals surface area contributed by atoms with Crippen LogP contribution in [0.3, 0.4) is 0 Å². The molecule has 0 saturated heterocycles. The highest BCUT2D eigenvalue weighted by Gasteiger charge is 2.14. The second kappa shape index (κ2) is 9.16. The summed E-state index contributed by atoms with van der Waals surface area (Å²) in [5.41, 5.74) is 0.910. The number of carbonyl (C=O) groups excluding carboxylic acids is 1. The highest BCUT2D eigenvalue weighted by Crippen LogP contribution is 2.17. The summed E-state index contributed by atoms with van der Waals surface area (Å²) in [6.07, 6.45) is 3.66. The van der Waals surface area contributed by atoms with Crippen molar-refractivity contribution >= 4 is 5.91 Å². The minimum absolute atomic E-state index is 0.0853. The smallest absolute Gasteiger partial charge is 0.260 e. The molecule has 0 radical (unpaired) electrons. The van der Waals surface area contributed by atoms with Crippen LogP contribution in [0.4, 0.5) is 0 Å². The molecule has 0 aliphatic rings. The van der Waals surface area contributed by atoms with Crippen molar-refractivity contribution in [1.82, 2.24) is 9.88 Å². The quantitative estimate of drug-likeness (QED) is 0.745. The normalized spacial score (nSPS) is 9.83. The molecule has 0 atom stereocenters. The van der Waals surface area contributed by atoms with E-state index in [1.807, 2.05) is 12.1 Å². The second-order valence-electron chi connectivity index (χ2n) is 5.05. The van der Waals surface area contributed by atoms with Gasteiger partial charge in [0.2, 0.25) is 0 Å². The zero-order valence-corrected chi connectivity index (χ0v) is 13.5. The third-order valence-corrected chi connectivity index (χ3v) is 3.36. The number of carbonyl (C=O) groups is 1. The van der Waals surface area contributed by atoms with Gasteiger partial charge in [-0.1, -0.05) is 6.07 Å². The van der Waals surface area contributed by atoms with Crippen LogP contribution in [0.5, 0.6) is 11.5 Å². The zero-order chi connectivity index (χ0) is 17.2. The van der Waals surface area contributed by atoms with Gasteiger partial charge in [-0.15, -0.1) is 0 Å². The number of hydrogen-bond acceptors (Lipinski definition) is 5. The van der Waals surface area contributed by atoms with Crippen LogP contribution in [0, 0.1) is 11.3 Å². The minimum atomic E-state index is -0.176. The summed E-state index contributed by atoms with van der Waals surface area (Å²) in [5.74, 6) is 1.14. The topological polar surface area (TPSA) is 75.5 Å². The van der Waals surface area contributed by atoms with Crippen molar-refractivity contribution in [3.8, 4) is 17.6 Å². The van der Waals surface area contributed by atoms with Crippen LogP contribution in [-0.2, 0) is 11.3 Å². The number of nitrogens with zero attached hydrogens (tertiary/aromatic N) is 3. The predicted molar refractivity (Wildman–Crippen MR) is 88.4 cm³/mol. The first-order valence-corrected chi connectivity index (χ1v) is 7.53. The van der Waals surface area contributed by atoms with E-state index in [2.05, 4.69) is 11.1 Å². The summed E-state index contributed by atoms with van der Waals surface area (Å²) < 4.78 is 10.6. The Kier molecular flexibility index (Phi) is 6.59. The van der Waals surface area contributed by atoms with Crippen molar-refractivity contribution < 1.29 is 14.3 Å². The van der Waals surface area contributed by atoms with Crippen molar-refractivity contribution in [2.75, 3.05) is 20.3 Å². The highest BCUT2D eigenvalue weighted by atomic mass is 16.5. The zero-order valence-electron chi connectivity index (χ0n) is 13.5. The molecule has 0 spiro atoms. The van der Waals surface area contributed by atoms with Crippen LogP contribution in [0.2, 0.25) is 0 Å². The molecular weight excluding hydrogens is 306 g/mol. The maximum absolute atomic E-state index is 12.4. The average Bonchev–Trinajstić information content (AvgIpc) is 2.64. The molecule has 2 aromatic rings. The Morgan fingerprint density at radius 2 is 2.00 bits per heavy atom. The van der Waals surface area contributed by atoms with Crippen LogP contribution >= 0.6 is 0 Å². The molecule has 0 aliphatic heterocycles. The van der Waals surface area contributed by atoms with E-state index in [9.17, 15) is 4.79 Å². The first-order valence-electron chi connectivity index (χ1n) is 7.53. The lowest BCUT2D eigenvalue weighted by molar-refractivity contribution is -0.133. The summed E-state index contributed by atoms with van der Waals surface area (Å²) in [6.45, 7) is 0.675. The van der Waals surface area contributed by atoms with Crippen molar-refractivity contribution in [2.45, 2.75) is 13.0 Å². The number of aromatic nitrogens is 1. The SMILES string of the molecule is COc1ccc(OCC(=O)N(CCC#N)Cc2cccnc2)cc1. The van der Waals surface area contributed by atoms with E-state index in [-0.39, 0.29) is 18.9 Å². The van der Waals surface area contributed by atoms with E-state index in [4.69, 9.17) is 14.7 Å². The average molecular weight is 325 g/mol. The van der Waals surface area contributed by atoms with Gasteiger partial charge in [0.1, 0.15) is 11.5 Å². The maximum atomic E-state index is 12.4. The summed E-state index contributed by atoms with van der Waals surface area (Å²) >= 11 is 0. The molecule has 0 N–H and O–H groups in total. The van der Waals surface area contributed by atoms with Gasteiger partial charge < -0.3 is 14.4 Å². The molecule has 0 fully saturated rings. The van der Waals surface area contributed by atoms with Gasteiger partial charge in [0.05, 0.1) is 19.6 Å². The Labute approximate surface area is 141 Å². The van der Waals surface area contributed by atoms with Crippen LogP contribution in [0.25, 0.3) is 0 Å². The first-order chi connectivity index (χ1) is 11.7. The summed E-state index contributed by atoms with van der Waals surface area (Å²) in [7, 11) is 1.59. The second-order valence-corrected chi connectivity index (χ2v) is 5.05. The number of pyridine rings is 1. The molecule has 2 rings (SSSR count). The van der Waals surface area contributed by atoms with Gasteiger partial charge in [-0.2, -0.15) is 5.26 Å². The highest BCUT2D eigenvalue weighted by molar-refractivity contribution is 5.77. The van der Waals surface area contributed by atoms with E-state index in [0.717, 1.165) is 11.3 Å². The van der Waals surface area contributed by atoms with Crippen LogP contribution in [-0.4, -0.2) is 36.1 Å². The molecule has 1 heterocycles. The molecule has 0 saturated carbocycles. The number of hydrogen-bond donors (Lipinski definition) is 0. The van der Waals surface area contributed by atoms with Gasteiger partial charge in [-0.05, 0) is 35.9 Å². The summed E-state index contributed by atoms with van der Waals surface area (Å²) in [4.78, 5) is 18.0. The molecule has 1 aromatic heterocycles. The standard InChI is InChI=1S/C18H19N3O3/c1-23-16-5-7-17(8-6-16)24-14-18(22)21(11-3-9-19)13-15-4-2-10-20-12-15/h2,4-8,10,12H,3,11,13-14H2,1H3. The van der Waals surface area contributed by atoms with Crippen molar-refractivity contribution in [3.63, 3.8) is 0 Å². The Morgan fingerprint density at radius 1 is 1.25 bits per heavy atom. The number of nitriles is 1. The predicted octanol–water partition coefficient (Wildman–Crippen LogP) is 2.41. The number of rotatable bonds is 8. The fourth-order valence-corrected chi connectivity index (χ4v) is 2.10. The minimum Gasteiger partial charge on any atom is -0.497 e. The first kappa shape index (κ1) is 17.3. The molecule has 0 aliphatic carbocycles. The molecule has 6 heteroatoms. The maximum Gasteiger partial charge on any atom is 0.260 e. The van der Waals surface area contributed by atoms with E-state index in [0.29, 0.717) is 18.8 Å². The monoisotopic (exact) mass is 325 g/mol. The number of amides is 1. The van der Waals surface area contributed by atoms with Gasteiger partial charge in [0, 0.05) is 25.5 Å². The summed E-state index contributed by atoms with van der Waals surface area (Å²) in [6, 6.07) is 12.8. The fraction of sp³-hybridized carbons (Fsp3) is 0.278. The Balaban J connectivity index is 1.94. The van der Waals surface area contributed by atoms with E-state index in [1.165, 1.54) is 0 Å². The lowest BCUT2D eigenvalue weighted by Crippen LogP contribution is -2.35. The molecule has 24 heavy (non-hydrogen) atoms. The lowest BCUT2D eigenvalue weighted by Gasteiger charge is -2.21. The van der Waals surface area contributed by atoms with E-state index in [1.54, 1.807) is 48.7 Å². The molecule has 0 unspecified atom stereocenters. The lowest BCUT2D eigenvalue weighted by atomic mass is 10.2. The van der Waals surface area contributed by atoms with E-state index < -0.39 is 0 Å². The van der Waals surface area contributed by atoms with Crippen LogP contribution in [0.1, 0.15) is 12.0 Å². The molecular formula is C18H19N3O3. The number of methoxy groups -OCH3 is 1. The molecule has 124 valence electrons. The van der Waals surface area contributed by atoms with Gasteiger partial charge in [0.15, 0.2) is 6.61 Å². The van der Waals surface area contributed by atoms with Crippen LogP contribution < -0.4 is 9.47 Å². The third kappa shape index (κ3) is 5.29. The number of ether oxygens (including phenoxy) is 2. The Hall–Kier alpha value is -3.07. The Morgan fingerprint density at radius 3 is 2.62 bits per heavy atom. The Bertz CT molecular complexity index is 681. The van der Waals surface area contributed by atoms with Gasteiger partial charge in [-0.3, -0.25) is 9.78 Å². The van der Waals surface area contributed by atoms with Crippen molar-refractivity contribution in [2.24, 2.45) is 0 Å². The van der Waals surface area contributed by atoms with E-state index >= 15 is 0 Å². The van der Waals surface area contributed by atoms with Crippen molar-refractivity contribution in [1.29, 1.82) is 5.26 Å². The van der Waals surface area contributed by atoms with Gasteiger partial charge >= 0.3 is 0 Å². The molecule has 1 aromatic carbocycles. The molecule has 0 bridgehead atoms. The summed E-state index contributed by atoms with van der Waals surface area (Å²) in [5, 5.41) is 8.78. The van der Waals surface area contributed by atoms with Gasteiger partial charge in [0.25, 0.3) is 5.91 Å². The third-order valence-electron chi connectivity index (χ3n) is 3.36.